The fraction of sp³-hybridized carbons (Fsp3) is 0.250. The Morgan fingerprint density at radius 1 is 1.21 bits per heavy atom. The summed E-state index contributed by atoms with van der Waals surface area (Å²) in [4.78, 5) is 26.1. The first kappa shape index (κ1) is 19.0. The van der Waals surface area contributed by atoms with Crippen LogP contribution in [0.4, 0.5) is 5.82 Å². The summed E-state index contributed by atoms with van der Waals surface area (Å²) < 4.78 is 1.12. The average molecular weight is 458 g/mol. The Hall–Kier alpha value is -2.29. The Morgan fingerprint density at radius 2 is 2.11 bits per heavy atom. The van der Waals surface area contributed by atoms with E-state index < -0.39 is 0 Å². The molecule has 3 heterocycles. The second-order valence-corrected chi connectivity index (χ2v) is 9.20. The van der Waals surface area contributed by atoms with Gasteiger partial charge in [0.15, 0.2) is 0 Å². The molecule has 0 bridgehead atoms. The van der Waals surface area contributed by atoms with Crippen molar-refractivity contribution in [2.45, 2.75) is 6.54 Å². The standard InChI is InChI=1S/C20H20BrN5OS/c21-18-6-4-15(28-18)2-1-7-25-8-9-26(19(27)12-25)11-14-3-5-16-17(10-14)23-13-24-20(16)22/h1-6,10,13H,7-9,11-12H2,(H2,22,23,24). The number of thiophene rings is 1. The highest BCUT2D eigenvalue weighted by Gasteiger charge is 2.23. The third kappa shape index (κ3) is 4.40. The first-order valence-electron chi connectivity index (χ1n) is 8.99. The highest BCUT2D eigenvalue weighted by molar-refractivity contribution is 9.11. The van der Waals surface area contributed by atoms with Crippen LogP contribution in [0.3, 0.4) is 0 Å². The van der Waals surface area contributed by atoms with Gasteiger partial charge in [-0.2, -0.15) is 0 Å². The van der Waals surface area contributed by atoms with Crippen molar-refractivity contribution in [1.29, 1.82) is 0 Å². The largest absolute Gasteiger partial charge is 0.383 e. The number of carbonyl (C=O) groups is 1. The van der Waals surface area contributed by atoms with Crippen molar-refractivity contribution in [2.24, 2.45) is 0 Å². The zero-order valence-electron chi connectivity index (χ0n) is 15.2. The van der Waals surface area contributed by atoms with Gasteiger partial charge in [0.25, 0.3) is 0 Å². The number of halogens is 1. The lowest BCUT2D eigenvalue weighted by Crippen LogP contribution is -2.49. The maximum atomic E-state index is 12.6. The monoisotopic (exact) mass is 457 g/mol. The van der Waals surface area contributed by atoms with Gasteiger partial charge in [-0.15, -0.1) is 11.3 Å². The van der Waals surface area contributed by atoms with Crippen molar-refractivity contribution < 1.29 is 4.79 Å². The van der Waals surface area contributed by atoms with Crippen molar-refractivity contribution in [2.75, 3.05) is 31.9 Å². The van der Waals surface area contributed by atoms with Crippen LogP contribution in [0, 0.1) is 0 Å². The van der Waals surface area contributed by atoms with Crippen LogP contribution in [0.1, 0.15) is 10.4 Å². The van der Waals surface area contributed by atoms with Gasteiger partial charge in [-0.3, -0.25) is 9.69 Å². The molecule has 6 nitrogen and oxygen atoms in total. The van der Waals surface area contributed by atoms with Crippen LogP contribution < -0.4 is 5.73 Å². The van der Waals surface area contributed by atoms with Crippen LogP contribution in [0.15, 0.2) is 46.5 Å². The summed E-state index contributed by atoms with van der Waals surface area (Å²) in [6, 6.07) is 10.0. The predicted molar refractivity (Wildman–Crippen MR) is 117 cm³/mol. The SMILES string of the molecule is Nc1ncnc2cc(CN3CCN(CC=Cc4ccc(Br)s4)CC3=O)ccc12. The normalized spacial score (nSPS) is 15.8. The molecule has 0 radical (unpaired) electrons. The van der Waals surface area contributed by atoms with E-state index in [1.54, 1.807) is 11.3 Å². The summed E-state index contributed by atoms with van der Waals surface area (Å²) in [5, 5.41) is 0.840. The molecule has 1 saturated heterocycles. The molecule has 0 aliphatic carbocycles. The fourth-order valence-corrected chi connectivity index (χ4v) is 4.61. The Kier molecular flexibility index (Phi) is 5.70. The van der Waals surface area contributed by atoms with Crippen LogP contribution in [0.25, 0.3) is 17.0 Å². The Balaban J connectivity index is 1.34. The molecule has 2 aromatic heterocycles. The van der Waals surface area contributed by atoms with E-state index >= 15 is 0 Å². The van der Waals surface area contributed by atoms with E-state index in [2.05, 4.69) is 49.0 Å². The number of hydrogen-bond donors (Lipinski definition) is 1. The fourth-order valence-electron chi connectivity index (χ4n) is 3.26. The first-order valence-corrected chi connectivity index (χ1v) is 10.6. The van der Waals surface area contributed by atoms with Crippen LogP contribution in [0.5, 0.6) is 0 Å². The summed E-state index contributed by atoms with van der Waals surface area (Å²) in [7, 11) is 0. The van der Waals surface area contributed by atoms with Crippen LogP contribution in [-0.2, 0) is 11.3 Å². The maximum Gasteiger partial charge on any atom is 0.237 e. The average Bonchev–Trinajstić information content (AvgIpc) is 3.09. The molecule has 1 amide bonds. The lowest BCUT2D eigenvalue weighted by atomic mass is 10.1. The summed E-state index contributed by atoms with van der Waals surface area (Å²) in [6.45, 7) is 3.40. The van der Waals surface area contributed by atoms with Crippen LogP contribution in [0.2, 0.25) is 0 Å². The third-order valence-electron chi connectivity index (χ3n) is 4.74. The van der Waals surface area contributed by atoms with Gasteiger partial charge in [0, 0.05) is 36.4 Å². The van der Waals surface area contributed by atoms with Gasteiger partial charge in [0.05, 0.1) is 15.8 Å². The van der Waals surface area contributed by atoms with Gasteiger partial charge < -0.3 is 10.6 Å². The lowest BCUT2D eigenvalue weighted by molar-refractivity contribution is -0.136. The van der Waals surface area contributed by atoms with E-state index in [1.165, 1.54) is 11.2 Å². The van der Waals surface area contributed by atoms with E-state index in [0.717, 1.165) is 39.9 Å². The first-order chi connectivity index (χ1) is 13.6. The number of benzene rings is 1. The molecule has 0 atom stereocenters. The molecule has 144 valence electrons. The number of hydrogen-bond acceptors (Lipinski definition) is 6. The number of nitrogens with two attached hydrogens (primary N) is 1. The molecule has 1 aliphatic heterocycles. The van der Waals surface area contributed by atoms with Crippen molar-refractivity contribution in [3.05, 3.63) is 57.0 Å². The summed E-state index contributed by atoms with van der Waals surface area (Å²) in [5.74, 6) is 0.630. The van der Waals surface area contributed by atoms with E-state index in [9.17, 15) is 4.79 Å². The summed E-state index contributed by atoms with van der Waals surface area (Å²) in [6.07, 6.45) is 5.69. The third-order valence-corrected chi connectivity index (χ3v) is 6.33. The van der Waals surface area contributed by atoms with Crippen LogP contribution in [-0.4, -0.2) is 51.9 Å². The molecule has 28 heavy (non-hydrogen) atoms. The molecule has 1 aromatic carbocycles. The van der Waals surface area contributed by atoms with Crippen molar-refractivity contribution in [3.8, 4) is 0 Å². The van der Waals surface area contributed by atoms with Gasteiger partial charge in [-0.1, -0.05) is 12.1 Å². The van der Waals surface area contributed by atoms with Crippen LogP contribution >= 0.6 is 27.3 Å². The van der Waals surface area contributed by atoms with Gasteiger partial charge in [0.2, 0.25) is 5.91 Å². The zero-order chi connectivity index (χ0) is 19.5. The number of amides is 1. The highest BCUT2D eigenvalue weighted by Crippen LogP contribution is 2.23. The van der Waals surface area contributed by atoms with Crippen molar-refractivity contribution >= 4 is 56.0 Å². The predicted octanol–water partition coefficient (Wildman–Crippen LogP) is 3.39. The summed E-state index contributed by atoms with van der Waals surface area (Å²) in [5.41, 5.74) is 7.74. The number of carbonyl (C=O) groups excluding carboxylic acids is 1. The second kappa shape index (κ2) is 8.38. The topological polar surface area (TPSA) is 75.3 Å². The number of piperazine rings is 1. The van der Waals surface area contributed by atoms with Gasteiger partial charge in [-0.25, -0.2) is 9.97 Å². The number of fused-ring (bicyclic) bond motifs is 1. The Bertz CT molecular complexity index is 1030. The van der Waals surface area contributed by atoms with Gasteiger partial charge in [-0.05, 0) is 51.8 Å². The van der Waals surface area contributed by atoms with Gasteiger partial charge in [0.1, 0.15) is 12.1 Å². The van der Waals surface area contributed by atoms with Gasteiger partial charge >= 0.3 is 0 Å². The Morgan fingerprint density at radius 3 is 2.89 bits per heavy atom. The molecule has 1 fully saturated rings. The Labute approximate surface area is 175 Å². The molecule has 0 saturated carbocycles. The summed E-state index contributed by atoms with van der Waals surface area (Å²) >= 11 is 5.17. The van der Waals surface area contributed by atoms with E-state index in [1.807, 2.05) is 29.2 Å². The number of rotatable bonds is 5. The van der Waals surface area contributed by atoms with E-state index in [-0.39, 0.29) is 5.91 Å². The smallest absolute Gasteiger partial charge is 0.237 e. The number of aromatic nitrogens is 2. The number of nitrogens with zero attached hydrogens (tertiary/aromatic N) is 4. The second-order valence-electron chi connectivity index (χ2n) is 6.71. The van der Waals surface area contributed by atoms with E-state index in [0.29, 0.717) is 18.9 Å². The van der Waals surface area contributed by atoms with Crippen molar-refractivity contribution in [3.63, 3.8) is 0 Å². The molecule has 8 heteroatoms. The molecule has 4 rings (SSSR count). The minimum atomic E-state index is 0.154. The molecule has 0 spiro atoms. The minimum Gasteiger partial charge on any atom is -0.383 e. The minimum absolute atomic E-state index is 0.154. The highest BCUT2D eigenvalue weighted by atomic mass is 79.9. The maximum absolute atomic E-state index is 12.6. The molecule has 3 aromatic rings. The molecular formula is C20H20BrN5OS. The van der Waals surface area contributed by atoms with Crippen molar-refractivity contribution in [1.82, 2.24) is 19.8 Å². The molecule has 0 unspecified atom stereocenters. The molecule has 2 N–H and O–H groups in total. The van der Waals surface area contributed by atoms with E-state index in [4.69, 9.17) is 5.73 Å². The quantitative estimate of drug-likeness (QED) is 0.635. The zero-order valence-corrected chi connectivity index (χ0v) is 17.6. The molecular weight excluding hydrogens is 438 g/mol. The molecule has 1 aliphatic rings. The lowest BCUT2D eigenvalue weighted by Gasteiger charge is -2.33. The number of nitrogen functional groups attached to an aromatic ring is 1. The number of anilines is 1.